The molecule has 98 valence electrons. The van der Waals surface area contributed by atoms with E-state index in [1.54, 1.807) is 12.0 Å². The van der Waals surface area contributed by atoms with E-state index in [4.69, 9.17) is 9.47 Å². The molecule has 2 rings (SSSR count). The summed E-state index contributed by atoms with van der Waals surface area (Å²) in [5.74, 6) is 0. The average molecular weight is 249 g/mol. The third kappa shape index (κ3) is 3.47. The monoisotopic (exact) mass is 249 g/mol. The number of hydrogen-bond acceptors (Lipinski definition) is 3. The van der Waals surface area contributed by atoms with Crippen LogP contribution in [-0.4, -0.2) is 37.3 Å². The van der Waals surface area contributed by atoms with Crippen LogP contribution >= 0.6 is 0 Å². The van der Waals surface area contributed by atoms with Crippen LogP contribution in [0.25, 0.3) is 0 Å². The Labute approximate surface area is 107 Å². The van der Waals surface area contributed by atoms with Crippen LogP contribution in [0, 0.1) is 0 Å². The molecule has 1 aromatic rings. The summed E-state index contributed by atoms with van der Waals surface area (Å²) >= 11 is 0. The minimum Gasteiger partial charge on any atom is -0.445 e. The van der Waals surface area contributed by atoms with Gasteiger partial charge in [-0.25, -0.2) is 4.79 Å². The van der Waals surface area contributed by atoms with Crippen molar-refractivity contribution < 1.29 is 14.3 Å². The Kier molecular flexibility index (Phi) is 4.59. The van der Waals surface area contributed by atoms with Gasteiger partial charge in [-0.1, -0.05) is 30.3 Å². The molecule has 0 unspecified atom stereocenters. The molecule has 1 heterocycles. The van der Waals surface area contributed by atoms with Gasteiger partial charge in [0.2, 0.25) is 0 Å². The zero-order chi connectivity index (χ0) is 12.8. The predicted molar refractivity (Wildman–Crippen MR) is 68.2 cm³/mol. The Morgan fingerprint density at radius 3 is 2.56 bits per heavy atom. The minimum absolute atomic E-state index is 0.228. The van der Waals surface area contributed by atoms with Crippen LogP contribution in [-0.2, 0) is 16.1 Å². The lowest BCUT2D eigenvalue weighted by Crippen LogP contribution is -2.40. The van der Waals surface area contributed by atoms with Gasteiger partial charge in [-0.05, 0) is 18.4 Å². The molecule has 1 amide bonds. The largest absolute Gasteiger partial charge is 0.445 e. The quantitative estimate of drug-likeness (QED) is 0.826. The molecule has 0 aliphatic carbocycles. The van der Waals surface area contributed by atoms with Crippen molar-refractivity contribution >= 4 is 6.09 Å². The fourth-order valence-electron chi connectivity index (χ4n) is 2.08. The highest BCUT2D eigenvalue weighted by Crippen LogP contribution is 2.14. The van der Waals surface area contributed by atoms with Crippen molar-refractivity contribution in [2.75, 3.05) is 20.2 Å². The molecule has 1 aliphatic heterocycles. The number of rotatable bonds is 3. The standard InChI is InChI=1S/C14H19NO3/c1-17-13-7-9-15(10-8-13)14(16)18-11-12-5-3-2-4-6-12/h2-6,13H,7-11H2,1H3. The maximum absolute atomic E-state index is 11.8. The number of carbonyl (C=O) groups excluding carboxylic acids is 1. The van der Waals surface area contributed by atoms with Crippen LogP contribution in [0.2, 0.25) is 0 Å². The Hall–Kier alpha value is -1.55. The van der Waals surface area contributed by atoms with E-state index >= 15 is 0 Å². The first kappa shape index (κ1) is 12.9. The number of carbonyl (C=O) groups is 1. The first-order chi connectivity index (χ1) is 8.79. The highest BCUT2D eigenvalue weighted by atomic mass is 16.6. The summed E-state index contributed by atoms with van der Waals surface area (Å²) in [5, 5.41) is 0. The molecular formula is C14H19NO3. The van der Waals surface area contributed by atoms with Crippen molar-refractivity contribution in [1.82, 2.24) is 4.90 Å². The molecule has 0 aromatic heterocycles. The van der Waals surface area contributed by atoms with Crippen LogP contribution in [0.1, 0.15) is 18.4 Å². The second-order valence-corrected chi connectivity index (χ2v) is 4.46. The summed E-state index contributed by atoms with van der Waals surface area (Å²) in [6.07, 6.45) is 1.82. The average Bonchev–Trinajstić information content (AvgIpc) is 2.46. The van der Waals surface area contributed by atoms with Gasteiger partial charge in [-0.2, -0.15) is 0 Å². The maximum Gasteiger partial charge on any atom is 0.410 e. The molecule has 1 fully saturated rings. The van der Waals surface area contributed by atoms with Gasteiger partial charge in [0.05, 0.1) is 6.10 Å². The van der Waals surface area contributed by atoms with Crippen molar-refractivity contribution in [3.05, 3.63) is 35.9 Å². The van der Waals surface area contributed by atoms with E-state index in [0.717, 1.165) is 18.4 Å². The van der Waals surface area contributed by atoms with Crippen molar-refractivity contribution in [2.24, 2.45) is 0 Å². The fourth-order valence-corrected chi connectivity index (χ4v) is 2.08. The van der Waals surface area contributed by atoms with E-state index in [1.807, 2.05) is 30.3 Å². The topological polar surface area (TPSA) is 38.8 Å². The Bertz CT molecular complexity index is 372. The van der Waals surface area contributed by atoms with E-state index in [0.29, 0.717) is 19.7 Å². The number of benzene rings is 1. The van der Waals surface area contributed by atoms with Gasteiger partial charge < -0.3 is 14.4 Å². The highest BCUT2D eigenvalue weighted by Gasteiger charge is 2.23. The summed E-state index contributed by atoms with van der Waals surface area (Å²) in [7, 11) is 1.72. The number of amides is 1. The number of methoxy groups -OCH3 is 1. The lowest BCUT2D eigenvalue weighted by atomic mass is 10.1. The summed E-state index contributed by atoms with van der Waals surface area (Å²) in [6.45, 7) is 1.77. The Balaban J connectivity index is 1.75. The highest BCUT2D eigenvalue weighted by molar-refractivity contribution is 5.67. The second kappa shape index (κ2) is 6.40. The number of piperidine rings is 1. The van der Waals surface area contributed by atoms with Crippen LogP contribution in [0.5, 0.6) is 0 Å². The van der Waals surface area contributed by atoms with Crippen LogP contribution < -0.4 is 0 Å². The molecule has 0 saturated carbocycles. The lowest BCUT2D eigenvalue weighted by Gasteiger charge is -2.30. The normalized spacial score (nSPS) is 16.6. The van der Waals surface area contributed by atoms with Gasteiger partial charge in [0, 0.05) is 20.2 Å². The van der Waals surface area contributed by atoms with Crippen molar-refractivity contribution in [3.8, 4) is 0 Å². The van der Waals surface area contributed by atoms with Crippen LogP contribution in [0.15, 0.2) is 30.3 Å². The summed E-state index contributed by atoms with van der Waals surface area (Å²) < 4.78 is 10.6. The number of hydrogen-bond donors (Lipinski definition) is 0. The fraction of sp³-hybridized carbons (Fsp3) is 0.500. The third-order valence-electron chi connectivity index (χ3n) is 3.24. The molecular weight excluding hydrogens is 230 g/mol. The molecule has 18 heavy (non-hydrogen) atoms. The molecule has 0 bridgehead atoms. The molecule has 4 nitrogen and oxygen atoms in total. The van der Waals surface area contributed by atoms with Crippen molar-refractivity contribution in [1.29, 1.82) is 0 Å². The van der Waals surface area contributed by atoms with E-state index < -0.39 is 0 Å². The van der Waals surface area contributed by atoms with Gasteiger partial charge in [0.15, 0.2) is 0 Å². The maximum atomic E-state index is 11.8. The number of ether oxygens (including phenoxy) is 2. The molecule has 4 heteroatoms. The van der Waals surface area contributed by atoms with E-state index in [9.17, 15) is 4.79 Å². The molecule has 1 aliphatic rings. The molecule has 0 radical (unpaired) electrons. The van der Waals surface area contributed by atoms with E-state index in [-0.39, 0.29) is 12.2 Å². The van der Waals surface area contributed by atoms with E-state index in [1.165, 1.54) is 0 Å². The van der Waals surface area contributed by atoms with E-state index in [2.05, 4.69) is 0 Å². The zero-order valence-electron chi connectivity index (χ0n) is 10.7. The SMILES string of the molecule is COC1CCN(C(=O)OCc2ccccc2)CC1. The summed E-state index contributed by atoms with van der Waals surface area (Å²) in [5.41, 5.74) is 1.01. The van der Waals surface area contributed by atoms with Crippen molar-refractivity contribution in [2.45, 2.75) is 25.6 Å². The van der Waals surface area contributed by atoms with Crippen LogP contribution in [0.3, 0.4) is 0 Å². The second-order valence-electron chi connectivity index (χ2n) is 4.46. The predicted octanol–water partition coefficient (Wildman–Crippen LogP) is 2.43. The molecule has 0 spiro atoms. The first-order valence-corrected chi connectivity index (χ1v) is 6.28. The molecule has 0 N–H and O–H groups in total. The van der Waals surface area contributed by atoms with Gasteiger partial charge in [-0.3, -0.25) is 0 Å². The zero-order valence-corrected chi connectivity index (χ0v) is 10.7. The Morgan fingerprint density at radius 1 is 1.28 bits per heavy atom. The third-order valence-corrected chi connectivity index (χ3v) is 3.24. The Morgan fingerprint density at radius 2 is 1.94 bits per heavy atom. The number of nitrogens with zero attached hydrogens (tertiary/aromatic N) is 1. The van der Waals surface area contributed by atoms with Crippen molar-refractivity contribution in [3.63, 3.8) is 0 Å². The molecule has 1 aromatic carbocycles. The van der Waals surface area contributed by atoms with Gasteiger partial charge in [0.25, 0.3) is 0 Å². The lowest BCUT2D eigenvalue weighted by molar-refractivity contribution is 0.0317. The van der Waals surface area contributed by atoms with Gasteiger partial charge >= 0.3 is 6.09 Å². The minimum atomic E-state index is -0.228. The first-order valence-electron chi connectivity index (χ1n) is 6.28. The molecule has 1 saturated heterocycles. The summed E-state index contributed by atoms with van der Waals surface area (Å²) in [4.78, 5) is 13.6. The summed E-state index contributed by atoms with van der Waals surface area (Å²) in [6, 6.07) is 9.72. The smallest absolute Gasteiger partial charge is 0.410 e. The van der Waals surface area contributed by atoms with Crippen LogP contribution in [0.4, 0.5) is 4.79 Å². The molecule has 0 atom stereocenters. The number of likely N-dealkylation sites (tertiary alicyclic amines) is 1. The van der Waals surface area contributed by atoms with Gasteiger partial charge in [0.1, 0.15) is 6.61 Å². The van der Waals surface area contributed by atoms with Gasteiger partial charge in [-0.15, -0.1) is 0 Å².